The first-order chi connectivity index (χ1) is 10.5. The van der Waals surface area contributed by atoms with Gasteiger partial charge in [-0.05, 0) is 30.0 Å². The average Bonchev–Trinajstić information content (AvgIpc) is 2.84. The highest BCUT2D eigenvalue weighted by molar-refractivity contribution is 5.94. The fourth-order valence-corrected chi connectivity index (χ4v) is 2.75. The summed E-state index contributed by atoms with van der Waals surface area (Å²) in [6.07, 6.45) is -0.500. The fourth-order valence-electron chi connectivity index (χ4n) is 2.75. The Morgan fingerprint density at radius 2 is 2.27 bits per heavy atom. The topological polar surface area (TPSA) is 52.6 Å². The van der Waals surface area contributed by atoms with Crippen molar-refractivity contribution in [2.24, 2.45) is 5.92 Å². The molecule has 4 nitrogen and oxygen atoms in total. The van der Waals surface area contributed by atoms with Crippen molar-refractivity contribution in [1.29, 1.82) is 0 Å². The van der Waals surface area contributed by atoms with Crippen LogP contribution in [0.3, 0.4) is 0 Å². The predicted octanol–water partition coefficient (Wildman–Crippen LogP) is 1.98. The third-order valence-corrected chi connectivity index (χ3v) is 3.93. The highest BCUT2D eigenvalue weighted by atomic mass is 19.1. The summed E-state index contributed by atoms with van der Waals surface area (Å²) >= 11 is 0. The summed E-state index contributed by atoms with van der Waals surface area (Å²) in [4.78, 5) is 14.0. The summed E-state index contributed by atoms with van der Waals surface area (Å²) in [6, 6.07) is 7.27. The Kier molecular flexibility index (Phi) is 5.91. The van der Waals surface area contributed by atoms with Crippen molar-refractivity contribution >= 4 is 5.91 Å². The van der Waals surface area contributed by atoms with E-state index in [1.165, 1.54) is 0 Å². The molecule has 5 heteroatoms. The van der Waals surface area contributed by atoms with Crippen LogP contribution in [0.15, 0.2) is 24.3 Å². The molecule has 0 bridgehead atoms. The maximum absolute atomic E-state index is 13.5. The van der Waals surface area contributed by atoms with Crippen molar-refractivity contribution < 1.29 is 14.3 Å². The van der Waals surface area contributed by atoms with Gasteiger partial charge in [-0.1, -0.05) is 26.0 Å². The zero-order valence-electron chi connectivity index (χ0n) is 13.3. The molecule has 0 aromatic heterocycles. The minimum absolute atomic E-state index is 0.0328. The van der Waals surface area contributed by atoms with E-state index in [9.17, 15) is 14.3 Å². The number of halogens is 1. The number of likely N-dealkylation sites (tertiary alicyclic amines) is 1. The number of carbonyl (C=O) groups excluding carboxylic acids is 1. The average molecular weight is 308 g/mol. The Balaban J connectivity index is 2.00. The second-order valence-electron chi connectivity index (χ2n) is 6.40. The molecule has 2 N–H and O–H groups in total. The van der Waals surface area contributed by atoms with Crippen LogP contribution in [0.2, 0.25) is 0 Å². The molecule has 1 aromatic carbocycles. The lowest BCUT2D eigenvalue weighted by Gasteiger charge is -2.22. The van der Waals surface area contributed by atoms with Crippen molar-refractivity contribution in [2.75, 3.05) is 19.7 Å². The van der Waals surface area contributed by atoms with Gasteiger partial charge in [0, 0.05) is 31.2 Å². The smallest absolute Gasteiger partial charge is 0.251 e. The quantitative estimate of drug-likeness (QED) is 0.845. The molecule has 0 aliphatic carbocycles. The number of hydrogen-bond acceptors (Lipinski definition) is 3. The molecule has 1 aromatic rings. The van der Waals surface area contributed by atoms with E-state index >= 15 is 0 Å². The molecule has 1 amide bonds. The van der Waals surface area contributed by atoms with Gasteiger partial charge in [-0.2, -0.15) is 0 Å². The van der Waals surface area contributed by atoms with Gasteiger partial charge < -0.3 is 10.4 Å². The molecule has 1 heterocycles. The number of aliphatic hydroxyl groups is 1. The van der Waals surface area contributed by atoms with E-state index in [0.29, 0.717) is 37.5 Å². The summed E-state index contributed by atoms with van der Waals surface area (Å²) in [5.41, 5.74) is 1.58. The van der Waals surface area contributed by atoms with Crippen LogP contribution in [0.1, 0.15) is 36.2 Å². The zero-order chi connectivity index (χ0) is 16.1. The fraction of sp³-hybridized carbons (Fsp3) is 0.588. The number of hydrogen-bond donors (Lipinski definition) is 2. The second-order valence-corrected chi connectivity index (χ2v) is 6.40. The van der Waals surface area contributed by atoms with Crippen LogP contribution >= 0.6 is 0 Å². The Hall–Kier alpha value is -1.46. The standard InChI is InChI=1S/C17H25FN2O2/c1-12(2)8-19-17(22)14-5-3-4-13(6-14)9-20-10-15(18)7-16(20)11-21/h3-6,12,15-16,21H,7-11H2,1-2H3,(H,19,22)/t15-,16-/m0/s1. The normalized spacial score (nSPS) is 22.2. The molecule has 0 unspecified atom stereocenters. The molecule has 1 fully saturated rings. The van der Waals surface area contributed by atoms with Crippen LogP contribution in [0.4, 0.5) is 4.39 Å². The maximum Gasteiger partial charge on any atom is 0.251 e. The van der Waals surface area contributed by atoms with Gasteiger partial charge in [0.25, 0.3) is 5.91 Å². The van der Waals surface area contributed by atoms with Crippen LogP contribution < -0.4 is 5.32 Å². The zero-order valence-corrected chi connectivity index (χ0v) is 13.3. The van der Waals surface area contributed by atoms with Crippen LogP contribution in [0.5, 0.6) is 0 Å². The molecule has 0 radical (unpaired) electrons. The Labute approximate surface area is 131 Å². The SMILES string of the molecule is CC(C)CNC(=O)c1cccc(CN2C[C@@H](F)C[C@H]2CO)c1. The van der Waals surface area contributed by atoms with Crippen molar-refractivity contribution in [3.05, 3.63) is 35.4 Å². The van der Waals surface area contributed by atoms with Gasteiger partial charge in [-0.25, -0.2) is 4.39 Å². The summed E-state index contributed by atoms with van der Waals surface area (Å²) < 4.78 is 13.5. The van der Waals surface area contributed by atoms with Gasteiger partial charge in [0.05, 0.1) is 6.61 Å². The van der Waals surface area contributed by atoms with E-state index in [0.717, 1.165) is 5.56 Å². The molecule has 122 valence electrons. The molecule has 0 saturated carbocycles. The van der Waals surface area contributed by atoms with Crippen LogP contribution in [0.25, 0.3) is 0 Å². The highest BCUT2D eigenvalue weighted by Gasteiger charge is 2.31. The second kappa shape index (κ2) is 7.70. The van der Waals surface area contributed by atoms with Crippen LogP contribution in [0, 0.1) is 5.92 Å². The number of benzene rings is 1. The first-order valence-electron chi connectivity index (χ1n) is 7.85. The number of amides is 1. The monoisotopic (exact) mass is 308 g/mol. The number of aliphatic hydroxyl groups excluding tert-OH is 1. The Bertz CT molecular complexity index is 507. The third kappa shape index (κ3) is 4.52. The molecule has 1 aliphatic rings. The molecule has 2 rings (SSSR count). The molecular weight excluding hydrogens is 283 g/mol. The lowest BCUT2D eigenvalue weighted by atomic mass is 10.1. The molecule has 1 saturated heterocycles. The molecular formula is C17H25FN2O2. The minimum Gasteiger partial charge on any atom is -0.395 e. The van der Waals surface area contributed by atoms with Gasteiger partial charge in [0.2, 0.25) is 0 Å². The number of nitrogens with one attached hydrogen (secondary N) is 1. The Morgan fingerprint density at radius 1 is 1.50 bits per heavy atom. The summed E-state index contributed by atoms with van der Waals surface area (Å²) in [6.45, 7) is 5.60. The van der Waals surface area contributed by atoms with Crippen molar-refractivity contribution in [3.63, 3.8) is 0 Å². The van der Waals surface area contributed by atoms with Crippen molar-refractivity contribution in [3.8, 4) is 0 Å². The highest BCUT2D eigenvalue weighted by Crippen LogP contribution is 2.22. The molecule has 0 spiro atoms. The summed E-state index contributed by atoms with van der Waals surface area (Å²) in [7, 11) is 0. The van der Waals surface area contributed by atoms with Gasteiger partial charge >= 0.3 is 0 Å². The molecule has 1 aliphatic heterocycles. The molecule has 22 heavy (non-hydrogen) atoms. The maximum atomic E-state index is 13.5. The number of alkyl halides is 1. The number of rotatable bonds is 6. The minimum atomic E-state index is -0.880. The van der Waals surface area contributed by atoms with Gasteiger partial charge in [-0.15, -0.1) is 0 Å². The summed E-state index contributed by atoms with van der Waals surface area (Å²) in [5.74, 6) is 0.322. The van der Waals surface area contributed by atoms with Crippen LogP contribution in [-0.2, 0) is 6.54 Å². The Morgan fingerprint density at radius 3 is 2.95 bits per heavy atom. The van der Waals surface area contributed by atoms with E-state index in [1.807, 2.05) is 36.9 Å². The largest absolute Gasteiger partial charge is 0.395 e. The third-order valence-electron chi connectivity index (χ3n) is 3.93. The van der Waals surface area contributed by atoms with Gasteiger partial charge in [-0.3, -0.25) is 9.69 Å². The number of carbonyl (C=O) groups is 1. The lowest BCUT2D eigenvalue weighted by molar-refractivity contribution is 0.0948. The van der Waals surface area contributed by atoms with E-state index in [2.05, 4.69) is 5.32 Å². The van der Waals surface area contributed by atoms with Crippen LogP contribution in [-0.4, -0.2) is 47.8 Å². The van der Waals surface area contributed by atoms with E-state index < -0.39 is 6.17 Å². The summed E-state index contributed by atoms with van der Waals surface area (Å²) in [5, 5.41) is 12.2. The van der Waals surface area contributed by atoms with E-state index in [4.69, 9.17) is 0 Å². The van der Waals surface area contributed by atoms with E-state index in [-0.39, 0.29) is 18.6 Å². The van der Waals surface area contributed by atoms with Crippen molar-refractivity contribution in [1.82, 2.24) is 10.2 Å². The van der Waals surface area contributed by atoms with E-state index in [1.54, 1.807) is 6.07 Å². The van der Waals surface area contributed by atoms with Crippen molar-refractivity contribution in [2.45, 2.75) is 39.0 Å². The first kappa shape index (κ1) is 16.9. The lowest BCUT2D eigenvalue weighted by Crippen LogP contribution is -2.32. The predicted molar refractivity (Wildman–Crippen MR) is 84.4 cm³/mol. The van der Waals surface area contributed by atoms with Gasteiger partial charge in [0.15, 0.2) is 0 Å². The van der Waals surface area contributed by atoms with Gasteiger partial charge in [0.1, 0.15) is 6.17 Å². The first-order valence-corrected chi connectivity index (χ1v) is 7.85. The molecule has 2 atom stereocenters. The number of nitrogens with zero attached hydrogens (tertiary/aromatic N) is 1.